The first-order chi connectivity index (χ1) is 18.2. The van der Waals surface area contributed by atoms with Crippen LogP contribution in [0.1, 0.15) is 40.3 Å². The fraction of sp³-hybridized carbons (Fsp3) is 0.222. The van der Waals surface area contributed by atoms with Gasteiger partial charge >= 0.3 is 6.18 Å². The topological polar surface area (TPSA) is 89.8 Å². The van der Waals surface area contributed by atoms with Gasteiger partial charge < -0.3 is 5.32 Å². The molecule has 0 bridgehead atoms. The molecular formula is C27H23ClF3N5O2. The van der Waals surface area contributed by atoms with E-state index in [0.717, 1.165) is 0 Å². The molecule has 0 saturated carbocycles. The van der Waals surface area contributed by atoms with Gasteiger partial charge in [0.05, 0.1) is 30.7 Å². The van der Waals surface area contributed by atoms with E-state index in [9.17, 15) is 22.8 Å². The van der Waals surface area contributed by atoms with Gasteiger partial charge in [-0.05, 0) is 36.2 Å². The molecule has 0 atom stereocenters. The summed E-state index contributed by atoms with van der Waals surface area (Å²) in [6.45, 7) is 0.231. The molecule has 2 aromatic heterocycles. The highest BCUT2D eigenvalue weighted by Gasteiger charge is 2.26. The fourth-order valence-corrected chi connectivity index (χ4v) is 3.94. The molecule has 0 spiro atoms. The molecule has 196 valence electrons. The summed E-state index contributed by atoms with van der Waals surface area (Å²) in [7, 11) is 0. The van der Waals surface area contributed by atoms with E-state index in [1.807, 2.05) is 0 Å². The van der Waals surface area contributed by atoms with Gasteiger partial charge in [-0.1, -0.05) is 35.9 Å². The molecule has 0 aliphatic rings. The average Bonchev–Trinajstić information content (AvgIpc) is 2.89. The second-order valence-corrected chi connectivity index (χ2v) is 8.97. The standard InChI is InChI=1S/C27H23ClF3N5O2/c28-21-8-6-19(7-9-21)23-14-25(37)36(24(35-23)5-2-10-27(29,30)31)17-18-3-1-4-20(13-18)26(38)34-16-22-15-32-11-12-33-22/h1,3-4,6-9,11-15H,2,5,10,16-17H2,(H,34,38). The van der Waals surface area contributed by atoms with Crippen LogP contribution in [0.3, 0.4) is 0 Å². The predicted molar refractivity (Wildman–Crippen MR) is 137 cm³/mol. The fourth-order valence-electron chi connectivity index (χ4n) is 3.82. The second-order valence-electron chi connectivity index (χ2n) is 8.54. The van der Waals surface area contributed by atoms with Crippen LogP contribution in [0.15, 0.2) is 78.0 Å². The van der Waals surface area contributed by atoms with Crippen molar-refractivity contribution in [3.8, 4) is 11.3 Å². The van der Waals surface area contributed by atoms with Crippen molar-refractivity contribution >= 4 is 17.5 Å². The SMILES string of the molecule is O=C(NCc1cnccn1)c1cccc(Cn2c(CCCC(F)(F)F)nc(-c3ccc(Cl)cc3)cc2=O)c1. The Balaban J connectivity index is 1.58. The lowest BCUT2D eigenvalue weighted by Gasteiger charge is -2.15. The normalized spacial score (nSPS) is 11.4. The van der Waals surface area contributed by atoms with Gasteiger partial charge in [0.15, 0.2) is 0 Å². The van der Waals surface area contributed by atoms with E-state index in [4.69, 9.17) is 11.6 Å². The van der Waals surface area contributed by atoms with Crippen molar-refractivity contribution in [3.05, 3.63) is 111 Å². The van der Waals surface area contributed by atoms with Crippen LogP contribution in [0.4, 0.5) is 13.2 Å². The Labute approximate surface area is 221 Å². The van der Waals surface area contributed by atoms with E-state index in [1.54, 1.807) is 54.7 Å². The molecule has 7 nitrogen and oxygen atoms in total. The molecule has 0 radical (unpaired) electrons. The van der Waals surface area contributed by atoms with Gasteiger partial charge in [0.1, 0.15) is 5.82 Å². The Bertz CT molecular complexity index is 1460. The molecule has 1 N–H and O–H groups in total. The van der Waals surface area contributed by atoms with E-state index in [-0.39, 0.29) is 37.7 Å². The minimum Gasteiger partial charge on any atom is -0.346 e. The molecule has 38 heavy (non-hydrogen) atoms. The van der Waals surface area contributed by atoms with Gasteiger partial charge in [-0.2, -0.15) is 13.2 Å². The zero-order valence-electron chi connectivity index (χ0n) is 20.1. The molecule has 0 unspecified atom stereocenters. The largest absolute Gasteiger partial charge is 0.389 e. The summed E-state index contributed by atoms with van der Waals surface area (Å²) >= 11 is 5.95. The monoisotopic (exact) mass is 541 g/mol. The minimum absolute atomic E-state index is 0.0410. The van der Waals surface area contributed by atoms with Crippen molar-refractivity contribution in [2.45, 2.75) is 38.5 Å². The van der Waals surface area contributed by atoms with E-state index in [0.29, 0.717) is 33.1 Å². The van der Waals surface area contributed by atoms with Crippen LogP contribution in [-0.4, -0.2) is 31.6 Å². The minimum atomic E-state index is -4.31. The maximum Gasteiger partial charge on any atom is 0.389 e. The lowest BCUT2D eigenvalue weighted by atomic mass is 10.1. The Hall–Kier alpha value is -4.05. The Morgan fingerprint density at radius 3 is 2.55 bits per heavy atom. The summed E-state index contributed by atoms with van der Waals surface area (Å²) in [4.78, 5) is 38.4. The number of carbonyl (C=O) groups is 1. The first-order valence-electron chi connectivity index (χ1n) is 11.7. The molecule has 2 aromatic carbocycles. The van der Waals surface area contributed by atoms with Crippen molar-refractivity contribution < 1.29 is 18.0 Å². The number of benzene rings is 2. The molecule has 0 fully saturated rings. The van der Waals surface area contributed by atoms with Gasteiger partial charge in [0.2, 0.25) is 0 Å². The van der Waals surface area contributed by atoms with Gasteiger partial charge in [-0.25, -0.2) is 4.98 Å². The maximum absolute atomic E-state index is 13.1. The van der Waals surface area contributed by atoms with Crippen molar-refractivity contribution in [1.29, 1.82) is 0 Å². The van der Waals surface area contributed by atoms with E-state index >= 15 is 0 Å². The van der Waals surface area contributed by atoms with Crippen molar-refractivity contribution in [2.75, 3.05) is 0 Å². The number of nitrogens with zero attached hydrogens (tertiary/aromatic N) is 4. The van der Waals surface area contributed by atoms with Crippen LogP contribution in [0.5, 0.6) is 0 Å². The van der Waals surface area contributed by atoms with E-state index in [1.165, 1.54) is 23.0 Å². The van der Waals surface area contributed by atoms with Gasteiger partial charge in [0.25, 0.3) is 11.5 Å². The molecule has 0 aliphatic carbocycles. The van der Waals surface area contributed by atoms with Crippen LogP contribution in [0, 0.1) is 0 Å². The predicted octanol–water partition coefficient (Wildman–Crippen LogP) is 5.22. The van der Waals surface area contributed by atoms with Crippen molar-refractivity contribution in [1.82, 2.24) is 24.8 Å². The van der Waals surface area contributed by atoms with E-state index < -0.39 is 18.2 Å². The summed E-state index contributed by atoms with van der Waals surface area (Å²) in [6.07, 6.45) is -0.964. The van der Waals surface area contributed by atoms with Crippen molar-refractivity contribution in [3.63, 3.8) is 0 Å². The summed E-state index contributed by atoms with van der Waals surface area (Å²) < 4.78 is 39.8. The number of rotatable bonds is 9. The van der Waals surface area contributed by atoms with Crippen LogP contribution in [0.2, 0.25) is 5.02 Å². The van der Waals surface area contributed by atoms with E-state index in [2.05, 4.69) is 20.3 Å². The maximum atomic E-state index is 13.1. The van der Waals surface area contributed by atoms with Gasteiger partial charge in [-0.3, -0.25) is 24.1 Å². The van der Waals surface area contributed by atoms with Crippen LogP contribution in [0.25, 0.3) is 11.3 Å². The van der Waals surface area contributed by atoms with Gasteiger partial charge in [-0.15, -0.1) is 0 Å². The van der Waals surface area contributed by atoms with Crippen LogP contribution in [-0.2, 0) is 19.5 Å². The number of hydrogen-bond acceptors (Lipinski definition) is 5. The highest BCUT2D eigenvalue weighted by molar-refractivity contribution is 6.30. The Morgan fingerprint density at radius 1 is 1.05 bits per heavy atom. The number of carbonyl (C=O) groups excluding carboxylic acids is 1. The number of amides is 1. The van der Waals surface area contributed by atoms with Crippen LogP contribution >= 0.6 is 11.6 Å². The zero-order chi connectivity index (χ0) is 27.1. The lowest BCUT2D eigenvalue weighted by molar-refractivity contribution is -0.135. The third-order valence-corrected chi connectivity index (χ3v) is 5.92. The number of nitrogens with one attached hydrogen (secondary N) is 1. The number of aromatic nitrogens is 4. The number of hydrogen-bond donors (Lipinski definition) is 1. The molecule has 4 aromatic rings. The highest BCUT2D eigenvalue weighted by Crippen LogP contribution is 2.24. The quantitative estimate of drug-likeness (QED) is 0.314. The third kappa shape index (κ3) is 7.48. The Kier molecular flexibility index (Phi) is 8.52. The molecule has 11 heteroatoms. The molecule has 2 heterocycles. The smallest absolute Gasteiger partial charge is 0.346 e. The molecule has 1 amide bonds. The first kappa shape index (κ1) is 27.0. The average molecular weight is 542 g/mol. The summed E-state index contributed by atoms with van der Waals surface area (Å²) in [5.74, 6) is -0.115. The summed E-state index contributed by atoms with van der Waals surface area (Å²) in [5, 5.41) is 3.27. The molecule has 0 aliphatic heterocycles. The van der Waals surface area contributed by atoms with Crippen molar-refractivity contribution in [2.24, 2.45) is 0 Å². The summed E-state index contributed by atoms with van der Waals surface area (Å²) in [6, 6.07) is 14.7. The molecule has 0 saturated heterocycles. The highest BCUT2D eigenvalue weighted by atomic mass is 35.5. The number of aryl methyl sites for hydroxylation is 1. The summed E-state index contributed by atoms with van der Waals surface area (Å²) in [5.41, 5.74) is 2.14. The van der Waals surface area contributed by atoms with Gasteiger partial charge in [0, 0.05) is 47.5 Å². The number of halogens is 4. The Morgan fingerprint density at radius 2 is 1.84 bits per heavy atom. The second kappa shape index (κ2) is 12.0. The molecule has 4 rings (SSSR count). The number of alkyl halides is 3. The van der Waals surface area contributed by atoms with Crippen LogP contribution < -0.4 is 10.9 Å². The zero-order valence-corrected chi connectivity index (χ0v) is 20.8. The molecular weight excluding hydrogens is 519 g/mol. The third-order valence-electron chi connectivity index (χ3n) is 5.66. The lowest BCUT2D eigenvalue weighted by Crippen LogP contribution is -2.26. The first-order valence-corrected chi connectivity index (χ1v) is 12.1.